The maximum absolute atomic E-state index is 13.3. The highest BCUT2D eigenvalue weighted by Crippen LogP contribution is 2.29. The van der Waals surface area contributed by atoms with E-state index in [9.17, 15) is 12.8 Å². The van der Waals surface area contributed by atoms with Crippen LogP contribution in [0.2, 0.25) is 0 Å². The molecule has 146 valence electrons. The number of rotatable bonds is 6. The molecular weight excluding hydrogens is 407 g/mol. The van der Waals surface area contributed by atoms with Crippen LogP contribution in [0, 0.1) is 5.82 Å². The fraction of sp³-hybridized carbons (Fsp3) is 0.0455. The minimum absolute atomic E-state index is 0.293. The van der Waals surface area contributed by atoms with Crippen molar-refractivity contribution >= 4 is 27.0 Å². The molecule has 0 aliphatic rings. The molecule has 0 spiro atoms. The van der Waals surface area contributed by atoms with Crippen LogP contribution in [-0.2, 0) is 15.8 Å². The number of sulfonamides is 1. The number of aromatic nitrogens is 1. The molecule has 4 rings (SSSR count). The number of hydrogen-bond acceptors (Lipinski definition) is 4. The highest BCUT2D eigenvalue weighted by Gasteiger charge is 2.13. The zero-order valence-electron chi connectivity index (χ0n) is 15.2. The summed E-state index contributed by atoms with van der Waals surface area (Å²) in [7, 11) is -3.64. The Labute approximate surface area is 172 Å². The van der Waals surface area contributed by atoms with Crippen molar-refractivity contribution in [3.63, 3.8) is 0 Å². The van der Waals surface area contributed by atoms with Crippen LogP contribution in [0.25, 0.3) is 21.8 Å². The van der Waals surface area contributed by atoms with Gasteiger partial charge in [0.25, 0.3) is 0 Å². The Kier molecular flexibility index (Phi) is 5.42. The lowest BCUT2D eigenvalue weighted by molar-refractivity contribution is 0.599. The van der Waals surface area contributed by atoms with Gasteiger partial charge in [0.2, 0.25) is 10.0 Å². The minimum Gasteiger partial charge on any atom is -0.283 e. The molecule has 0 radical (unpaired) electrons. The molecule has 0 unspecified atom stereocenters. The predicted octanol–water partition coefficient (Wildman–Crippen LogP) is 5.56. The van der Waals surface area contributed by atoms with Crippen LogP contribution in [0.15, 0.2) is 84.2 Å². The van der Waals surface area contributed by atoms with E-state index in [1.807, 2.05) is 47.8 Å². The molecule has 1 aromatic heterocycles. The summed E-state index contributed by atoms with van der Waals surface area (Å²) in [6.45, 7) is 0. The van der Waals surface area contributed by atoms with E-state index >= 15 is 0 Å². The van der Waals surface area contributed by atoms with Crippen molar-refractivity contribution in [2.75, 3.05) is 4.72 Å². The third-order valence-corrected chi connectivity index (χ3v) is 6.38. The van der Waals surface area contributed by atoms with E-state index < -0.39 is 15.8 Å². The Morgan fingerprint density at radius 2 is 1.66 bits per heavy atom. The second-order valence-electron chi connectivity index (χ2n) is 6.47. The van der Waals surface area contributed by atoms with Crippen LogP contribution >= 0.6 is 11.3 Å². The molecule has 3 aromatic carbocycles. The molecule has 0 aliphatic heterocycles. The van der Waals surface area contributed by atoms with E-state index in [1.54, 1.807) is 29.5 Å². The van der Waals surface area contributed by atoms with Gasteiger partial charge in [0.15, 0.2) is 0 Å². The number of anilines is 1. The summed E-state index contributed by atoms with van der Waals surface area (Å²) in [6.07, 6.45) is 0. The molecule has 0 saturated heterocycles. The summed E-state index contributed by atoms with van der Waals surface area (Å²) in [5, 5.41) is 2.91. The molecule has 1 heterocycles. The number of halogens is 1. The van der Waals surface area contributed by atoms with Gasteiger partial charge in [0.1, 0.15) is 10.8 Å². The van der Waals surface area contributed by atoms with E-state index in [0.717, 1.165) is 21.8 Å². The zero-order valence-corrected chi connectivity index (χ0v) is 16.9. The second kappa shape index (κ2) is 8.14. The average molecular weight is 425 g/mol. The maximum atomic E-state index is 13.3. The van der Waals surface area contributed by atoms with E-state index in [0.29, 0.717) is 11.3 Å². The number of benzene rings is 3. The molecule has 4 aromatic rings. The highest BCUT2D eigenvalue weighted by atomic mass is 32.2. The van der Waals surface area contributed by atoms with Gasteiger partial charge in [-0.25, -0.2) is 17.8 Å². The number of nitrogens with zero attached hydrogens (tertiary/aromatic N) is 1. The third-order valence-electron chi connectivity index (χ3n) is 4.22. The molecule has 0 fully saturated rings. The van der Waals surface area contributed by atoms with Crippen molar-refractivity contribution < 1.29 is 12.8 Å². The van der Waals surface area contributed by atoms with Gasteiger partial charge in [-0.1, -0.05) is 54.6 Å². The number of nitrogens with one attached hydrogen (secondary N) is 1. The van der Waals surface area contributed by atoms with E-state index in [1.165, 1.54) is 18.2 Å². The van der Waals surface area contributed by atoms with Crippen molar-refractivity contribution in [3.8, 4) is 21.8 Å². The van der Waals surface area contributed by atoms with E-state index in [4.69, 9.17) is 0 Å². The Hall–Kier alpha value is -3.03. The predicted molar refractivity (Wildman–Crippen MR) is 116 cm³/mol. The van der Waals surface area contributed by atoms with Crippen LogP contribution < -0.4 is 4.72 Å². The van der Waals surface area contributed by atoms with Crippen molar-refractivity contribution in [3.05, 3.63) is 95.6 Å². The molecular formula is C22H17FN2O2S2. The SMILES string of the molecule is O=S(=O)(Cc1cccc(F)c1)Nc1ccc(-c2csc(-c3ccccc3)n2)cc1. The molecule has 29 heavy (non-hydrogen) atoms. The normalized spacial score (nSPS) is 11.3. The molecule has 0 atom stereocenters. The first-order valence-corrected chi connectivity index (χ1v) is 11.4. The van der Waals surface area contributed by atoms with Gasteiger partial charge in [-0.05, 0) is 29.8 Å². The van der Waals surface area contributed by atoms with Gasteiger partial charge in [-0.2, -0.15) is 0 Å². The zero-order chi connectivity index (χ0) is 20.3. The van der Waals surface area contributed by atoms with Gasteiger partial charge >= 0.3 is 0 Å². The maximum Gasteiger partial charge on any atom is 0.236 e. The smallest absolute Gasteiger partial charge is 0.236 e. The topological polar surface area (TPSA) is 59.1 Å². The van der Waals surface area contributed by atoms with Gasteiger partial charge in [0.05, 0.1) is 11.4 Å². The summed E-state index contributed by atoms with van der Waals surface area (Å²) < 4.78 is 40.5. The van der Waals surface area contributed by atoms with Crippen LogP contribution in [0.3, 0.4) is 0 Å². The largest absolute Gasteiger partial charge is 0.283 e. The first-order chi connectivity index (χ1) is 14.0. The Morgan fingerprint density at radius 3 is 2.38 bits per heavy atom. The van der Waals surface area contributed by atoms with Gasteiger partial charge in [0, 0.05) is 22.2 Å². The van der Waals surface area contributed by atoms with Crippen LogP contribution in [0.4, 0.5) is 10.1 Å². The molecule has 0 bridgehead atoms. The number of hydrogen-bond donors (Lipinski definition) is 1. The van der Waals surface area contributed by atoms with Crippen LogP contribution in [-0.4, -0.2) is 13.4 Å². The fourth-order valence-electron chi connectivity index (χ4n) is 2.89. The van der Waals surface area contributed by atoms with E-state index in [2.05, 4.69) is 9.71 Å². The lowest BCUT2D eigenvalue weighted by atomic mass is 10.1. The lowest BCUT2D eigenvalue weighted by Gasteiger charge is -2.09. The molecule has 1 N–H and O–H groups in total. The Balaban J connectivity index is 1.47. The summed E-state index contributed by atoms with van der Waals surface area (Å²) in [6, 6.07) is 22.5. The molecule has 4 nitrogen and oxygen atoms in total. The Morgan fingerprint density at radius 1 is 0.897 bits per heavy atom. The first-order valence-electron chi connectivity index (χ1n) is 8.85. The molecule has 0 aliphatic carbocycles. The number of thiazole rings is 1. The minimum atomic E-state index is -3.64. The molecule has 0 amide bonds. The van der Waals surface area contributed by atoms with Crippen molar-refractivity contribution in [1.82, 2.24) is 4.98 Å². The van der Waals surface area contributed by atoms with Crippen molar-refractivity contribution in [2.45, 2.75) is 5.75 Å². The van der Waals surface area contributed by atoms with Gasteiger partial charge in [-0.3, -0.25) is 4.72 Å². The lowest BCUT2D eigenvalue weighted by Crippen LogP contribution is -2.15. The van der Waals surface area contributed by atoms with Crippen LogP contribution in [0.1, 0.15) is 5.56 Å². The quantitative estimate of drug-likeness (QED) is 0.441. The van der Waals surface area contributed by atoms with Crippen molar-refractivity contribution in [2.24, 2.45) is 0 Å². The highest BCUT2D eigenvalue weighted by molar-refractivity contribution is 7.91. The molecule has 0 saturated carbocycles. The molecule has 7 heteroatoms. The van der Waals surface area contributed by atoms with Crippen LogP contribution in [0.5, 0.6) is 0 Å². The summed E-state index contributed by atoms with van der Waals surface area (Å²) in [5.41, 5.74) is 3.64. The van der Waals surface area contributed by atoms with Gasteiger partial charge < -0.3 is 0 Å². The third kappa shape index (κ3) is 4.88. The van der Waals surface area contributed by atoms with Gasteiger partial charge in [-0.15, -0.1) is 11.3 Å². The summed E-state index contributed by atoms with van der Waals surface area (Å²) in [5.74, 6) is -0.751. The average Bonchev–Trinajstić information content (AvgIpc) is 3.19. The fourth-order valence-corrected chi connectivity index (χ4v) is 4.91. The second-order valence-corrected chi connectivity index (χ2v) is 9.05. The standard InChI is InChI=1S/C22H17FN2O2S2/c23-19-8-4-5-16(13-19)15-29(26,27)25-20-11-9-17(10-12-20)21-14-28-22(24-21)18-6-2-1-3-7-18/h1-14,25H,15H2. The summed E-state index contributed by atoms with van der Waals surface area (Å²) in [4.78, 5) is 4.66. The Bertz CT molecular complexity index is 1220. The van der Waals surface area contributed by atoms with E-state index in [-0.39, 0.29) is 5.75 Å². The monoisotopic (exact) mass is 424 g/mol. The first kappa shape index (κ1) is 19.3. The van der Waals surface area contributed by atoms with Crippen molar-refractivity contribution in [1.29, 1.82) is 0 Å². The summed E-state index contributed by atoms with van der Waals surface area (Å²) >= 11 is 1.56.